The number of benzene rings is 1. The van der Waals surface area contributed by atoms with Crippen LogP contribution < -0.4 is 15.1 Å². The van der Waals surface area contributed by atoms with Gasteiger partial charge in [-0.25, -0.2) is 9.78 Å². The number of carbonyl (C=O) groups is 2. The molecule has 2 aliphatic heterocycles. The van der Waals surface area contributed by atoms with Crippen LogP contribution in [0.2, 0.25) is 0 Å². The molecule has 7 nitrogen and oxygen atoms in total. The normalized spacial score (nSPS) is 21.6. The summed E-state index contributed by atoms with van der Waals surface area (Å²) in [5.74, 6) is 1.25. The number of aromatic nitrogens is 1. The quantitative estimate of drug-likeness (QED) is 0.378. The Bertz CT molecular complexity index is 1140. The lowest BCUT2D eigenvalue weighted by Gasteiger charge is -2.41. The number of carbonyl (C=O) groups excluding carboxylic acids is 2. The number of fused-ring (bicyclic) bond motifs is 7. The molecule has 1 aliphatic carbocycles. The molecule has 2 fully saturated rings. The molecule has 1 unspecified atom stereocenters. The number of nitrogens with one attached hydrogen (secondary N) is 1. The molecule has 2 aromatic rings. The van der Waals surface area contributed by atoms with Crippen LogP contribution in [0.5, 0.6) is 0 Å². The number of ether oxygens (including phenoxy) is 1. The monoisotopic (exact) mass is 588 g/mol. The van der Waals surface area contributed by atoms with Gasteiger partial charge in [0.2, 0.25) is 0 Å². The van der Waals surface area contributed by atoms with Crippen LogP contribution in [-0.4, -0.2) is 42.2 Å². The summed E-state index contributed by atoms with van der Waals surface area (Å²) in [5, 5.41) is 2.96. The third kappa shape index (κ3) is 5.27. The first kappa shape index (κ1) is 24.3. The first-order valence-electron chi connectivity index (χ1n) is 12.5. The molecule has 186 valence electrons. The fraction of sp³-hybridized carbons (Fsp3) is 0.519. The Morgan fingerprint density at radius 2 is 1.97 bits per heavy atom. The van der Waals surface area contributed by atoms with Gasteiger partial charge in [-0.15, -0.1) is 0 Å². The number of halogens is 1. The Hall–Kier alpha value is -2.36. The first-order valence-corrected chi connectivity index (χ1v) is 13.5. The molecule has 1 aromatic heterocycles. The van der Waals surface area contributed by atoms with Gasteiger partial charge in [-0.3, -0.25) is 9.69 Å². The minimum atomic E-state index is -0.606. The highest BCUT2D eigenvalue weighted by Crippen LogP contribution is 2.58. The van der Waals surface area contributed by atoms with Gasteiger partial charge in [0.25, 0.3) is 5.91 Å². The summed E-state index contributed by atoms with van der Waals surface area (Å²) in [5.41, 5.74) is 1.47. The van der Waals surface area contributed by atoms with Crippen LogP contribution >= 0.6 is 22.6 Å². The zero-order valence-electron chi connectivity index (χ0n) is 20.6. The maximum atomic E-state index is 13.4. The predicted molar refractivity (Wildman–Crippen MR) is 146 cm³/mol. The molecule has 8 heteroatoms. The Morgan fingerprint density at radius 1 is 1.17 bits per heavy atom. The molecule has 35 heavy (non-hydrogen) atoms. The molecule has 1 spiro atoms. The molecule has 1 saturated heterocycles. The molecule has 1 N–H and O–H groups in total. The average molecular weight is 588 g/mol. The highest BCUT2D eigenvalue weighted by Gasteiger charge is 2.51. The van der Waals surface area contributed by atoms with Crippen molar-refractivity contribution in [2.24, 2.45) is 11.3 Å². The molecule has 1 aromatic carbocycles. The number of piperidine rings is 1. The Labute approximate surface area is 220 Å². The van der Waals surface area contributed by atoms with E-state index in [-0.39, 0.29) is 5.91 Å². The molecule has 3 heterocycles. The van der Waals surface area contributed by atoms with Crippen molar-refractivity contribution in [2.45, 2.75) is 58.5 Å². The first-order chi connectivity index (χ1) is 16.6. The van der Waals surface area contributed by atoms with Gasteiger partial charge in [-0.1, -0.05) is 6.07 Å². The van der Waals surface area contributed by atoms with E-state index in [2.05, 4.69) is 43.9 Å². The van der Waals surface area contributed by atoms with Crippen LogP contribution in [0, 0.1) is 14.9 Å². The third-order valence-electron chi connectivity index (χ3n) is 7.42. The van der Waals surface area contributed by atoms with E-state index in [1.807, 2.05) is 39.0 Å². The minimum Gasteiger partial charge on any atom is -0.443 e. The van der Waals surface area contributed by atoms with E-state index in [4.69, 9.17) is 4.74 Å². The largest absolute Gasteiger partial charge is 0.443 e. The third-order valence-corrected chi connectivity index (χ3v) is 8.10. The smallest absolute Gasteiger partial charge is 0.416 e. The zero-order chi connectivity index (χ0) is 24.8. The van der Waals surface area contributed by atoms with Crippen LogP contribution in [0.3, 0.4) is 0 Å². The number of hydrogen-bond donors (Lipinski definition) is 1. The second kappa shape index (κ2) is 9.26. The van der Waals surface area contributed by atoms with Crippen molar-refractivity contribution in [3.8, 4) is 0 Å². The summed E-state index contributed by atoms with van der Waals surface area (Å²) in [6.07, 6.45) is 5.21. The topological polar surface area (TPSA) is 74.8 Å². The molecule has 4 bridgehead atoms. The number of nitrogens with zero attached hydrogens (tertiary/aromatic N) is 3. The molecule has 0 radical (unpaired) electrons. The molecular formula is C27H33IN4O3. The van der Waals surface area contributed by atoms with Crippen molar-refractivity contribution >= 4 is 51.9 Å². The highest BCUT2D eigenvalue weighted by atomic mass is 127. The van der Waals surface area contributed by atoms with Gasteiger partial charge in [0.05, 0.1) is 11.3 Å². The lowest BCUT2D eigenvalue weighted by molar-refractivity contribution is 0.0577. The predicted octanol–water partition coefficient (Wildman–Crippen LogP) is 6.08. The van der Waals surface area contributed by atoms with Crippen molar-refractivity contribution in [2.75, 3.05) is 34.8 Å². The van der Waals surface area contributed by atoms with Gasteiger partial charge >= 0.3 is 6.09 Å². The van der Waals surface area contributed by atoms with Crippen LogP contribution in [-0.2, 0) is 4.74 Å². The second-order valence-electron chi connectivity index (χ2n) is 11.0. The fourth-order valence-corrected chi connectivity index (χ4v) is 5.92. The molecule has 5 rings (SSSR count). The van der Waals surface area contributed by atoms with Gasteiger partial charge in [0.1, 0.15) is 17.2 Å². The lowest BCUT2D eigenvalue weighted by atomic mass is 9.79. The number of pyridine rings is 1. The molecule has 2 amide bonds. The molecule has 3 aliphatic rings. The number of anilines is 3. The SMILES string of the molecule is CC(C)(C)OC(=O)N1CCCC2CN(CCC23CC3)c2cc(I)ccc2C(=O)Nc2cccc1n2. The summed E-state index contributed by atoms with van der Waals surface area (Å²) >= 11 is 2.32. The number of hydrogen-bond acceptors (Lipinski definition) is 5. The van der Waals surface area contributed by atoms with Gasteiger partial charge < -0.3 is 15.0 Å². The summed E-state index contributed by atoms with van der Waals surface area (Å²) in [6.45, 7) is 8.03. The van der Waals surface area contributed by atoms with Crippen molar-refractivity contribution < 1.29 is 14.3 Å². The van der Waals surface area contributed by atoms with Crippen LogP contribution in [0.4, 0.5) is 22.1 Å². The zero-order valence-corrected chi connectivity index (χ0v) is 22.8. The maximum absolute atomic E-state index is 13.4. The van der Waals surface area contributed by atoms with Crippen molar-refractivity contribution in [1.29, 1.82) is 0 Å². The summed E-state index contributed by atoms with van der Waals surface area (Å²) in [6, 6.07) is 11.4. The van der Waals surface area contributed by atoms with Crippen LogP contribution in [0.1, 0.15) is 63.2 Å². The van der Waals surface area contributed by atoms with Crippen molar-refractivity contribution in [1.82, 2.24) is 4.98 Å². The second-order valence-corrected chi connectivity index (χ2v) is 12.3. The summed E-state index contributed by atoms with van der Waals surface area (Å²) in [7, 11) is 0. The standard InChI is InChI=1S/C27H33IN4O3/c1-26(2,3)35-25(34)32-14-5-6-18-17-31(15-13-27(18)11-12-27)21-16-19(28)9-10-20(21)24(33)30-22-7-4-8-23(32)29-22/h4,7-10,16,18H,5-6,11-15,17H2,1-3H3,(H,29,30,33). The Balaban J connectivity index is 1.53. The van der Waals surface area contributed by atoms with Gasteiger partial charge in [-0.05, 0) is 117 Å². The summed E-state index contributed by atoms with van der Waals surface area (Å²) < 4.78 is 6.82. The van der Waals surface area contributed by atoms with Crippen molar-refractivity contribution in [3.05, 3.63) is 45.5 Å². The van der Waals surface area contributed by atoms with Crippen LogP contribution in [0.15, 0.2) is 36.4 Å². The number of amides is 2. The maximum Gasteiger partial charge on any atom is 0.416 e. The van der Waals surface area contributed by atoms with E-state index in [0.717, 1.165) is 41.6 Å². The van der Waals surface area contributed by atoms with Crippen LogP contribution in [0.25, 0.3) is 0 Å². The van der Waals surface area contributed by atoms with Gasteiger partial charge in [0, 0.05) is 23.2 Å². The van der Waals surface area contributed by atoms with E-state index < -0.39 is 11.7 Å². The Morgan fingerprint density at radius 3 is 2.71 bits per heavy atom. The van der Waals surface area contributed by atoms with E-state index >= 15 is 0 Å². The van der Waals surface area contributed by atoms with E-state index in [1.54, 1.807) is 17.0 Å². The average Bonchev–Trinajstić information content (AvgIpc) is 3.56. The summed E-state index contributed by atoms with van der Waals surface area (Å²) in [4.78, 5) is 35.2. The van der Waals surface area contributed by atoms with E-state index in [0.29, 0.717) is 35.1 Å². The highest BCUT2D eigenvalue weighted by molar-refractivity contribution is 14.1. The van der Waals surface area contributed by atoms with Gasteiger partial charge in [0.15, 0.2) is 0 Å². The Kier molecular flexibility index (Phi) is 6.44. The minimum absolute atomic E-state index is 0.190. The lowest BCUT2D eigenvalue weighted by Crippen LogP contribution is -2.43. The molecular weight excluding hydrogens is 555 g/mol. The van der Waals surface area contributed by atoms with Gasteiger partial charge in [-0.2, -0.15) is 0 Å². The van der Waals surface area contributed by atoms with Crippen molar-refractivity contribution in [3.63, 3.8) is 0 Å². The fourth-order valence-electron chi connectivity index (χ4n) is 5.45. The number of rotatable bonds is 0. The van der Waals surface area contributed by atoms with E-state index in [1.165, 1.54) is 12.8 Å². The molecule has 1 atom stereocenters. The van der Waals surface area contributed by atoms with E-state index in [9.17, 15) is 9.59 Å². The molecule has 1 saturated carbocycles.